The maximum absolute atomic E-state index is 8.88. The van der Waals surface area contributed by atoms with Crippen LogP contribution >= 0.6 is 11.8 Å². The van der Waals surface area contributed by atoms with E-state index < -0.39 is 0 Å². The molecule has 1 aromatic carbocycles. The molecule has 1 atom stereocenters. The zero-order chi connectivity index (χ0) is 24.4. The van der Waals surface area contributed by atoms with E-state index in [0.29, 0.717) is 11.8 Å². The minimum Gasteiger partial charge on any atom is -0.393 e. The topological polar surface area (TPSA) is 91.4 Å². The summed E-state index contributed by atoms with van der Waals surface area (Å²) in [6.07, 6.45) is 5.10. The van der Waals surface area contributed by atoms with Crippen LogP contribution in [0.1, 0.15) is 18.9 Å². The number of benzene rings is 1. The van der Waals surface area contributed by atoms with Gasteiger partial charge in [-0.15, -0.1) is 10.2 Å². The van der Waals surface area contributed by atoms with Crippen molar-refractivity contribution in [2.75, 3.05) is 45.3 Å². The standard InChI is InChI=1S/C25H29N7O2S/c1-17(29-34-11-10-33)18-4-7-24-27-28-25(32(24)15-18)35-22-5-6-23-19(13-22)12-21(14-26-23)31-9-8-20(16-31)30(2)3/h4-7,12-15,20,33H,8-11,16H2,1-3H3/b29-17-/t20-/m0/s1. The van der Waals surface area contributed by atoms with Crippen molar-refractivity contribution >= 4 is 39.7 Å². The van der Waals surface area contributed by atoms with Crippen LogP contribution < -0.4 is 4.90 Å². The third-order valence-electron chi connectivity index (χ3n) is 6.28. The summed E-state index contributed by atoms with van der Waals surface area (Å²) in [5.41, 5.74) is 4.51. The Hall–Kier alpha value is -3.21. The van der Waals surface area contributed by atoms with Gasteiger partial charge in [-0.1, -0.05) is 5.16 Å². The molecule has 0 unspecified atom stereocenters. The fraction of sp³-hybridized carbons (Fsp3) is 0.360. The van der Waals surface area contributed by atoms with Gasteiger partial charge < -0.3 is 19.7 Å². The maximum Gasteiger partial charge on any atom is 0.200 e. The molecule has 4 heterocycles. The largest absolute Gasteiger partial charge is 0.393 e. The zero-order valence-corrected chi connectivity index (χ0v) is 20.9. The minimum absolute atomic E-state index is 0.0700. The molecule has 1 N–H and O–H groups in total. The summed E-state index contributed by atoms with van der Waals surface area (Å²) in [6.45, 7) is 4.03. The van der Waals surface area contributed by atoms with Crippen LogP contribution in [0, 0.1) is 0 Å². The summed E-state index contributed by atoms with van der Waals surface area (Å²) in [5.74, 6) is 0. The van der Waals surface area contributed by atoms with Crippen LogP contribution in [0.5, 0.6) is 0 Å². The Morgan fingerprint density at radius 2 is 2.11 bits per heavy atom. The maximum atomic E-state index is 8.88. The number of aliphatic hydroxyl groups excluding tert-OH is 1. The number of oxime groups is 1. The van der Waals surface area contributed by atoms with Gasteiger partial charge in [-0.3, -0.25) is 9.38 Å². The second-order valence-corrected chi connectivity index (χ2v) is 9.90. The molecule has 0 aliphatic carbocycles. The highest BCUT2D eigenvalue weighted by atomic mass is 32.2. The number of fused-ring (bicyclic) bond motifs is 2. The van der Waals surface area contributed by atoms with Gasteiger partial charge in [0.15, 0.2) is 10.8 Å². The van der Waals surface area contributed by atoms with Crippen molar-refractivity contribution < 1.29 is 9.94 Å². The Balaban J connectivity index is 1.39. The van der Waals surface area contributed by atoms with Crippen molar-refractivity contribution in [3.05, 3.63) is 54.4 Å². The van der Waals surface area contributed by atoms with Crippen LogP contribution in [-0.4, -0.2) is 81.7 Å². The molecule has 1 saturated heterocycles. The molecular weight excluding hydrogens is 462 g/mol. The van der Waals surface area contributed by atoms with Gasteiger partial charge in [0, 0.05) is 41.2 Å². The highest BCUT2D eigenvalue weighted by molar-refractivity contribution is 7.99. The molecule has 4 aromatic rings. The van der Waals surface area contributed by atoms with Crippen LogP contribution in [0.4, 0.5) is 5.69 Å². The van der Waals surface area contributed by atoms with E-state index in [0.717, 1.165) is 45.3 Å². The van der Waals surface area contributed by atoms with E-state index in [-0.39, 0.29) is 13.2 Å². The van der Waals surface area contributed by atoms with Crippen LogP contribution in [-0.2, 0) is 4.84 Å². The van der Waals surface area contributed by atoms with Gasteiger partial charge in [-0.2, -0.15) is 0 Å². The molecule has 0 radical (unpaired) electrons. The number of nitrogens with zero attached hydrogens (tertiary/aromatic N) is 7. The van der Waals surface area contributed by atoms with Crippen LogP contribution in [0.3, 0.4) is 0 Å². The summed E-state index contributed by atoms with van der Waals surface area (Å²) >= 11 is 1.56. The second kappa shape index (κ2) is 10.2. The fourth-order valence-electron chi connectivity index (χ4n) is 4.23. The summed E-state index contributed by atoms with van der Waals surface area (Å²) in [5, 5.41) is 23.5. The Morgan fingerprint density at radius 1 is 1.23 bits per heavy atom. The van der Waals surface area contributed by atoms with E-state index in [4.69, 9.17) is 14.9 Å². The number of rotatable bonds is 8. The molecular formula is C25H29N7O2S. The average molecular weight is 492 g/mol. The quantitative estimate of drug-likeness (QED) is 0.228. The van der Waals surface area contributed by atoms with Crippen molar-refractivity contribution in [3.63, 3.8) is 0 Å². The molecule has 0 amide bonds. The van der Waals surface area contributed by atoms with Gasteiger partial charge in [0.2, 0.25) is 0 Å². The molecule has 1 aliphatic rings. The molecule has 0 bridgehead atoms. The predicted molar refractivity (Wildman–Crippen MR) is 138 cm³/mol. The first-order valence-corrected chi connectivity index (χ1v) is 12.4. The molecule has 0 saturated carbocycles. The van der Waals surface area contributed by atoms with E-state index >= 15 is 0 Å². The zero-order valence-electron chi connectivity index (χ0n) is 20.1. The van der Waals surface area contributed by atoms with E-state index in [1.807, 2.05) is 35.9 Å². The number of pyridine rings is 2. The molecule has 182 valence electrons. The van der Waals surface area contributed by atoms with Crippen LogP contribution in [0.2, 0.25) is 0 Å². The first-order valence-electron chi connectivity index (χ1n) is 11.6. The lowest BCUT2D eigenvalue weighted by Crippen LogP contribution is -2.31. The molecule has 0 spiro atoms. The van der Waals surface area contributed by atoms with Crippen LogP contribution in [0.15, 0.2) is 64.0 Å². The molecule has 9 nitrogen and oxygen atoms in total. The van der Waals surface area contributed by atoms with Crippen molar-refractivity contribution in [1.82, 2.24) is 24.5 Å². The predicted octanol–water partition coefficient (Wildman–Crippen LogP) is 3.30. The molecule has 5 rings (SSSR count). The Labute approximate surface area is 208 Å². The van der Waals surface area contributed by atoms with Gasteiger partial charge in [0.1, 0.15) is 6.61 Å². The number of likely N-dealkylation sites (N-methyl/N-ethyl adjacent to an activating group) is 1. The monoisotopic (exact) mass is 491 g/mol. The van der Waals surface area contributed by atoms with Gasteiger partial charge in [-0.05, 0) is 75.6 Å². The first kappa shape index (κ1) is 23.5. The molecule has 1 fully saturated rings. The summed E-state index contributed by atoms with van der Waals surface area (Å²) < 4.78 is 1.95. The van der Waals surface area contributed by atoms with Crippen LogP contribution in [0.25, 0.3) is 16.6 Å². The minimum atomic E-state index is -0.0700. The highest BCUT2D eigenvalue weighted by Crippen LogP contribution is 2.31. The molecule has 35 heavy (non-hydrogen) atoms. The SMILES string of the molecule is C/C(=N/OCCO)c1ccc2nnc(Sc3ccc4ncc(N5CC[C@H](N(C)C)C5)cc4c3)n2c1. The van der Waals surface area contributed by atoms with Gasteiger partial charge >= 0.3 is 0 Å². The number of hydrogen-bond donors (Lipinski definition) is 1. The van der Waals surface area contributed by atoms with Crippen molar-refractivity contribution in [3.8, 4) is 0 Å². The smallest absolute Gasteiger partial charge is 0.200 e. The molecule has 3 aromatic heterocycles. The Kier molecular flexibility index (Phi) is 6.85. The second-order valence-electron chi connectivity index (χ2n) is 8.86. The van der Waals surface area contributed by atoms with Crippen molar-refractivity contribution in [2.45, 2.75) is 29.4 Å². The summed E-state index contributed by atoms with van der Waals surface area (Å²) in [4.78, 5) is 15.6. The van der Waals surface area contributed by atoms with E-state index in [1.54, 1.807) is 11.8 Å². The molecule has 10 heteroatoms. The normalized spacial score (nSPS) is 16.7. The first-order chi connectivity index (χ1) is 17.0. The number of aliphatic hydroxyl groups is 1. The van der Waals surface area contributed by atoms with Gasteiger partial charge in [0.25, 0.3) is 0 Å². The number of anilines is 1. The van der Waals surface area contributed by atoms with Gasteiger partial charge in [0.05, 0.1) is 29.7 Å². The van der Waals surface area contributed by atoms with Crippen molar-refractivity contribution in [2.24, 2.45) is 5.16 Å². The van der Waals surface area contributed by atoms with E-state index in [2.05, 4.69) is 63.5 Å². The highest BCUT2D eigenvalue weighted by Gasteiger charge is 2.24. The van der Waals surface area contributed by atoms with E-state index in [9.17, 15) is 0 Å². The lowest BCUT2D eigenvalue weighted by atomic mass is 10.2. The lowest BCUT2D eigenvalue weighted by Gasteiger charge is -2.21. The summed E-state index contributed by atoms with van der Waals surface area (Å²) in [7, 11) is 4.29. The van der Waals surface area contributed by atoms with E-state index in [1.165, 1.54) is 12.1 Å². The van der Waals surface area contributed by atoms with Crippen molar-refractivity contribution in [1.29, 1.82) is 0 Å². The lowest BCUT2D eigenvalue weighted by molar-refractivity contribution is 0.0986. The average Bonchev–Trinajstić information content (AvgIpc) is 3.51. The Morgan fingerprint density at radius 3 is 2.91 bits per heavy atom. The Bertz CT molecular complexity index is 1370. The third kappa shape index (κ3) is 5.09. The third-order valence-corrected chi connectivity index (χ3v) is 7.23. The number of hydrogen-bond acceptors (Lipinski definition) is 9. The molecule has 1 aliphatic heterocycles. The summed E-state index contributed by atoms with van der Waals surface area (Å²) in [6, 6.07) is 12.9. The van der Waals surface area contributed by atoms with Gasteiger partial charge in [-0.25, -0.2) is 0 Å². The fourth-order valence-corrected chi connectivity index (χ4v) is 5.09. The number of aromatic nitrogens is 4.